The van der Waals surface area contributed by atoms with Crippen molar-refractivity contribution in [2.45, 2.75) is 19.9 Å². The first-order valence-corrected chi connectivity index (χ1v) is 5.88. The van der Waals surface area contributed by atoms with E-state index in [9.17, 15) is 9.59 Å². The Morgan fingerprint density at radius 3 is 3.06 bits per heavy atom. The number of carbonyl (C=O) groups excluding carboxylic acids is 1. The third kappa shape index (κ3) is 2.89. The lowest BCUT2D eigenvalue weighted by Gasteiger charge is -2.16. The summed E-state index contributed by atoms with van der Waals surface area (Å²) in [5.41, 5.74) is 0.185. The fourth-order valence-electron chi connectivity index (χ4n) is 2.06. The third-order valence-corrected chi connectivity index (χ3v) is 2.92. The highest BCUT2D eigenvalue weighted by Crippen LogP contribution is 2.16. The Hall–Kier alpha value is -1.82. The van der Waals surface area contributed by atoms with E-state index in [-0.39, 0.29) is 11.5 Å². The van der Waals surface area contributed by atoms with Crippen molar-refractivity contribution in [3.63, 3.8) is 0 Å². The number of furan rings is 1. The summed E-state index contributed by atoms with van der Waals surface area (Å²) < 4.78 is 5.40. The van der Waals surface area contributed by atoms with Gasteiger partial charge in [0.2, 0.25) is 5.91 Å². The molecule has 0 aromatic carbocycles. The van der Waals surface area contributed by atoms with Gasteiger partial charge in [-0.2, -0.15) is 0 Å². The van der Waals surface area contributed by atoms with E-state index < -0.39 is 5.97 Å². The number of hydrogen-bond donors (Lipinski definition) is 2. The smallest absolute Gasteiger partial charge is 0.339 e. The van der Waals surface area contributed by atoms with Gasteiger partial charge in [0.25, 0.3) is 0 Å². The molecular formula is C12H16N2O4. The molecule has 0 spiro atoms. The average Bonchev–Trinajstić information content (AvgIpc) is 2.52. The Bertz CT molecular complexity index is 467. The highest BCUT2D eigenvalue weighted by molar-refractivity contribution is 5.88. The van der Waals surface area contributed by atoms with E-state index in [1.807, 2.05) is 4.90 Å². The molecule has 0 saturated carbocycles. The number of rotatable bonds is 3. The van der Waals surface area contributed by atoms with Crippen LogP contribution in [0, 0.1) is 6.92 Å². The highest BCUT2D eigenvalue weighted by Gasteiger charge is 2.18. The maximum atomic E-state index is 11.4. The van der Waals surface area contributed by atoms with Crippen molar-refractivity contribution in [1.29, 1.82) is 0 Å². The van der Waals surface area contributed by atoms with Gasteiger partial charge in [-0.25, -0.2) is 4.79 Å². The van der Waals surface area contributed by atoms with E-state index in [0.29, 0.717) is 31.2 Å². The molecule has 1 aliphatic rings. The Morgan fingerprint density at radius 1 is 1.61 bits per heavy atom. The second-order valence-electron chi connectivity index (χ2n) is 4.40. The summed E-state index contributed by atoms with van der Waals surface area (Å²) in [7, 11) is 0. The number of aryl methyl sites for hydroxylation is 1. The minimum absolute atomic E-state index is 0.00534. The van der Waals surface area contributed by atoms with Gasteiger partial charge >= 0.3 is 5.97 Å². The number of carboxylic acid groups (broad SMARTS) is 1. The molecule has 98 valence electrons. The van der Waals surface area contributed by atoms with Crippen LogP contribution in [0.3, 0.4) is 0 Å². The Labute approximate surface area is 105 Å². The normalized spacial score (nSPS) is 17.3. The summed E-state index contributed by atoms with van der Waals surface area (Å²) in [6.45, 7) is 3.89. The van der Waals surface area contributed by atoms with Crippen LogP contribution in [-0.4, -0.2) is 41.5 Å². The van der Waals surface area contributed by atoms with Crippen molar-refractivity contribution in [1.82, 2.24) is 10.2 Å². The monoisotopic (exact) mass is 252 g/mol. The molecule has 18 heavy (non-hydrogen) atoms. The SMILES string of the molecule is Cc1oc(CN2CCCNC(=O)C2)cc1C(=O)O. The van der Waals surface area contributed by atoms with Crippen LogP contribution in [0.25, 0.3) is 0 Å². The van der Waals surface area contributed by atoms with Crippen LogP contribution in [-0.2, 0) is 11.3 Å². The first kappa shape index (κ1) is 12.6. The number of carboxylic acids is 1. The van der Waals surface area contributed by atoms with Crippen LogP contribution in [0.5, 0.6) is 0 Å². The summed E-state index contributed by atoms with van der Waals surface area (Å²) in [6, 6.07) is 1.53. The molecule has 1 saturated heterocycles. The van der Waals surface area contributed by atoms with Crippen molar-refractivity contribution in [2.75, 3.05) is 19.6 Å². The second kappa shape index (κ2) is 5.22. The third-order valence-electron chi connectivity index (χ3n) is 2.92. The van der Waals surface area contributed by atoms with E-state index in [4.69, 9.17) is 9.52 Å². The van der Waals surface area contributed by atoms with E-state index in [2.05, 4.69) is 5.32 Å². The van der Waals surface area contributed by atoms with Gasteiger partial charge in [-0.3, -0.25) is 9.69 Å². The van der Waals surface area contributed by atoms with Crippen LogP contribution in [0.4, 0.5) is 0 Å². The van der Waals surface area contributed by atoms with Crippen molar-refractivity contribution in [2.24, 2.45) is 0 Å². The van der Waals surface area contributed by atoms with Gasteiger partial charge in [0.05, 0.1) is 13.1 Å². The molecular weight excluding hydrogens is 236 g/mol. The van der Waals surface area contributed by atoms with Crippen molar-refractivity contribution < 1.29 is 19.1 Å². The van der Waals surface area contributed by atoms with Gasteiger partial charge in [0.15, 0.2) is 0 Å². The molecule has 2 N–H and O–H groups in total. The molecule has 1 aromatic heterocycles. The zero-order valence-corrected chi connectivity index (χ0v) is 10.2. The van der Waals surface area contributed by atoms with Crippen LogP contribution in [0.2, 0.25) is 0 Å². The Kier molecular flexibility index (Phi) is 3.66. The fraction of sp³-hybridized carbons (Fsp3) is 0.500. The van der Waals surface area contributed by atoms with Crippen LogP contribution in [0.15, 0.2) is 10.5 Å². The largest absolute Gasteiger partial charge is 0.478 e. The summed E-state index contributed by atoms with van der Waals surface area (Å²) in [5, 5.41) is 11.7. The zero-order chi connectivity index (χ0) is 13.1. The number of aromatic carboxylic acids is 1. The Balaban J connectivity index is 2.06. The lowest BCUT2D eigenvalue weighted by atomic mass is 10.2. The van der Waals surface area contributed by atoms with Crippen LogP contribution >= 0.6 is 0 Å². The second-order valence-corrected chi connectivity index (χ2v) is 4.40. The number of amides is 1. The average molecular weight is 252 g/mol. The summed E-state index contributed by atoms with van der Waals surface area (Å²) in [6.07, 6.45) is 0.886. The zero-order valence-electron chi connectivity index (χ0n) is 10.2. The molecule has 0 aliphatic carbocycles. The van der Waals surface area contributed by atoms with E-state index in [1.165, 1.54) is 6.07 Å². The molecule has 0 atom stereocenters. The van der Waals surface area contributed by atoms with Gasteiger partial charge in [0.1, 0.15) is 17.1 Å². The minimum Gasteiger partial charge on any atom is -0.478 e. The first-order chi connectivity index (χ1) is 8.56. The molecule has 0 radical (unpaired) electrons. The number of nitrogens with zero attached hydrogens (tertiary/aromatic N) is 1. The minimum atomic E-state index is -0.990. The maximum absolute atomic E-state index is 11.4. The first-order valence-electron chi connectivity index (χ1n) is 5.88. The predicted octanol–water partition coefficient (Wildman–Crippen LogP) is 0.608. The van der Waals surface area contributed by atoms with Crippen molar-refractivity contribution >= 4 is 11.9 Å². The molecule has 1 aromatic rings. The van der Waals surface area contributed by atoms with Gasteiger partial charge < -0.3 is 14.8 Å². The molecule has 1 amide bonds. The lowest BCUT2D eigenvalue weighted by Crippen LogP contribution is -2.32. The molecule has 2 heterocycles. The predicted molar refractivity (Wildman–Crippen MR) is 63.3 cm³/mol. The number of hydrogen-bond acceptors (Lipinski definition) is 4. The molecule has 0 unspecified atom stereocenters. The van der Waals surface area contributed by atoms with Crippen LogP contribution < -0.4 is 5.32 Å². The standard InChI is InChI=1S/C12H16N2O4/c1-8-10(12(16)17)5-9(18-8)6-14-4-2-3-13-11(15)7-14/h5H,2-4,6-7H2,1H3,(H,13,15)(H,16,17). The van der Waals surface area contributed by atoms with Gasteiger partial charge in [0, 0.05) is 13.1 Å². The summed E-state index contributed by atoms with van der Waals surface area (Å²) in [5.74, 6) is -0.0123. The lowest BCUT2D eigenvalue weighted by molar-refractivity contribution is -0.121. The van der Waals surface area contributed by atoms with Gasteiger partial charge in [-0.1, -0.05) is 0 Å². The molecule has 6 nitrogen and oxygen atoms in total. The topological polar surface area (TPSA) is 82.8 Å². The van der Waals surface area contributed by atoms with Gasteiger partial charge in [-0.15, -0.1) is 0 Å². The molecule has 1 aliphatic heterocycles. The van der Waals surface area contributed by atoms with Crippen LogP contribution in [0.1, 0.15) is 28.3 Å². The fourth-order valence-corrected chi connectivity index (χ4v) is 2.06. The molecule has 0 bridgehead atoms. The highest BCUT2D eigenvalue weighted by atomic mass is 16.4. The van der Waals surface area contributed by atoms with E-state index >= 15 is 0 Å². The van der Waals surface area contributed by atoms with E-state index in [1.54, 1.807) is 6.92 Å². The summed E-state index contributed by atoms with van der Waals surface area (Å²) >= 11 is 0. The number of carbonyl (C=O) groups is 2. The number of nitrogens with one attached hydrogen (secondary N) is 1. The maximum Gasteiger partial charge on any atom is 0.339 e. The van der Waals surface area contributed by atoms with Crippen molar-refractivity contribution in [3.8, 4) is 0 Å². The van der Waals surface area contributed by atoms with E-state index in [0.717, 1.165) is 13.0 Å². The molecule has 1 fully saturated rings. The van der Waals surface area contributed by atoms with Gasteiger partial charge in [-0.05, 0) is 19.4 Å². The Morgan fingerprint density at radius 2 is 2.39 bits per heavy atom. The van der Waals surface area contributed by atoms with Crippen molar-refractivity contribution in [3.05, 3.63) is 23.2 Å². The quantitative estimate of drug-likeness (QED) is 0.823. The molecule has 2 rings (SSSR count). The molecule has 6 heteroatoms. The summed E-state index contributed by atoms with van der Waals surface area (Å²) in [4.78, 5) is 24.2.